The highest BCUT2D eigenvalue weighted by Gasteiger charge is 2.07. The van der Waals surface area contributed by atoms with Crippen LogP contribution in [0, 0.1) is 11.3 Å². The van der Waals surface area contributed by atoms with Gasteiger partial charge in [-0.3, -0.25) is 0 Å². The largest absolute Gasteiger partial charge is 0.212 e. The molecule has 80 valence electrons. The van der Waals surface area contributed by atoms with Crippen molar-refractivity contribution in [2.45, 2.75) is 13.5 Å². The minimum atomic E-state index is -3.20. The van der Waals surface area contributed by atoms with Crippen molar-refractivity contribution in [3.63, 3.8) is 0 Å². The first-order valence-corrected chi connectivity index (χ1v) is 6.19. The van der Waals surface area contributed by atoms with Gasteiger partial charge in [-0.15, -0.1) is 0 Å². The molecule has 5 heteroatoms. The number of benzene rings is 1. The number of hydrogen-bond donors (Lipinski definition) is 1. The molecule has 0 atom stereocenters. The van der Waals surface area contributed by atoms with E-state index in [9.17, 15) is 8.42 Å². The summed E-state index contributed by atoms with van der Waals surface area (Å²) in [5, 5.41) is 8.78. The number of nitrogens with zero attached hydrogens (tertiary/aromatic N) is 1. The Hall–Kier alpha value is -1.38. The molecule has 4 nitrogen and oxygen atoms in total. The number of nitrogens with one attached hydrogen (secondary N) is 1. The molecule has 1 aromatic carbocycles. The van der Waals surface area contributed by atoms with Gasteiger partial charge in [0.25, 0.3) is 0 Å². The lowest BCUT2D eigenvalue weighted by molar-refractivity contribution is 0.582. The van der Waals surface area contributed by atoms with Crippen LogP contribution in [0.5, 0.6) is 0 Å². The normalized spacial score (nSPS) is 10.9. The van der Waals surface area contributed by atoms with Crippen molar-refractivity contribution in [1.82, 2.24) is 4.72 Å². The van der Waals surface area contributed by atoms with Crippen molar-refractivity contribution >= 4 is 10.0 Å². The number of hydrogen-bond acceptors (Lipinski definition) is 3. The average molecular weight is 224 g/mol. The zero-order chi connectivity index (χ0) is 11.3. The van der Waals surface area contributed by atoms with Gasteiger partial charge < -0.3 is 0 Å². The van der Waals surface area contributed by atoms with Gasteiger partial charge in [-0.2, -0.15) is 5.26 Å². The van der Waals surface area contributed by atoms with E-state index in [0.717, 1.165) is 0 Å². The Labute approximate surface area is 89.6 Å². The summed E-state index contributed by atoms with van der Waals surface area (Å²) in [5.74, 6) is 0.0434. The van der Waals surface area contributed by atoms with Crippen molar-refractivity contribution in [3.05, 3.63) is 35.4 Å². The van der Waals surface area contributed by atoms with E-state index in [1.807, 2.05) is 6.07 Å². The van der Waals surface area contributed by atoms with Crippen LogP contribution in [0.15, 0.2) is 24.3 Å². The Morgan fingerprint density at radius 2 is 2.07 bits per heavy atom. The van der Waals surface area contributed by atoms with E-state index >= 15 is 0 Å². The van der Waals surface area contributed by atoms with Crippen LogP contribution in [0.1, 0.15) is 18.1 Å². The van der Waals surface area contributed by atoms with Crippen LogP contribution in [0.3, 0.4) is 0 Å². The SMILES string of the molecule is CCS(=O)(=O)NCc1ccccc1C#N. The molecule has 0 aliphatic carbocycles. The Balaban J connectivity index is 2.79. The Morgan fingerprint density at radius 3 is 2.67 bits per heavy atom. The number of rotatable bonds is 4. The molecule has 0 spiro atoms. The smallest absolute Gasteiger partial charge is 0.211 e. The van der Waals surface area contributed by atoms with E-state index in [0.29, 0.717) is 11.1 Å². The van der Waals surface area contributed by atoms with E-state index in [4.69, 9.17) is 5.26 Å². The van der Waals surface area contributed by atoms with Crippen LogP contribution >= 0.6 is 0 Å². The Bertz CT molecular complexity index is 474. The van der Waals surface area contributed by atoms with Gasteiger partial charge in [0.05, 0.1) is 17.4 Å². The third-order valence-electron chi connectivity index (χ3n) is 2.00. The lowest BCUT2D eigenvalue weighted by Crippen LogP contribution is -2.25. The molecule has 1 N–H and O–H groups in total. The van der Waals surface area contributed by atoms with Gasteiger partial charge in [0, 0.05) is 6.54 Å². The number of sulfonamides is 1. The molecule has 0 heterocycles. The third kappa shape index (κ3) is 3.35. The lowest BCUT2D eigenvalue weighted by atomic mass is 10.1. The van der Waals surface area contributed by atoms with Gasteiger partial charge in [-0.05, 0) is 18.6 Å². The Morgan fingerprint density at radius 1 is 1.40 bits per heavy atom. The molecular weight excluding hydrogens is 212 g/mol. The molecule has 0 bridgehead atoms. The fraction of sp³-hybridized carbons (Fsp3) is 0.300. The molecule has 0 radical (unpaired) electrons. The van der Waals surface area contributed by atoms with Crippen LogP contribution in [0.4, 0.5) is 0 Å². The van der Waals surface area contributed by atoms with Gasteiger partial charge in [-0.25, -0.2) is 13.1 Å². The first kappa shape index (κ1) is 11.7. The van der Waals surface area contributed by atoms with E-state index in [1.165, 1.54) is 0 Å². The second-order valence-corrected chi connectivity index (χ2v) is 5.09. The summed E-state index contributed by atoms with van der Waals surface area (Å²) in [5.41, 5.74) is 1.19. The summed E-state index contributed by atoms with van der Waals surface area (Å²) in [6.45, 7) is 1.73. The maximum absolute atomic E-state index is 11.2. The maximum Gasteiger partial charge on any atom is 0.211 e. The van der Waals surface area contributed by atoms with Crippen molar-refractivity contribution in [2.24, 2.45) is 0 Å². The second kappa shape index (κ2) is 4.91. The summed E-state index contributed by atoms with van der Waals surface area (Å²) in [6.07, 6.45) is 0. The second-order valence-electron chi connectivity index (χ2n) is 2.99. The first-order valence-electron chi connectivity index (χ1n) is 4.54. The standard InChI is InChI=1S/C10H12N2O2S/c1-2-15(13,14)12-8-10-6-4-3-5-9(10)7-11/h3-6,12H,2,8H2,1H3. The minimum Gasteiger partial charge on any atom is -0.212 e. The first-order chi connectivity index (χ1) is 7.09. The summed E-state index contributed by atoms with van der Waals surface area (Å²) in [6, 6.07) is 8.93. The zero-order valence-corrected chi connectivity index (χ0v) is 9.21. The monoisotopic (exact) mass is 224 g/mol. The zero-order valence-electron chi connectivity index (χ0n) is 8.40. The van der Waals surface area contributed by atoms with Crippen molar-refractivity contribution in [3.8, 4) is 6.07 Å². The molecule has 0 saturated carbocycles. The summed E-state index contributed by atoms with van der Waals surface area (Å²) >= 11 is 0. The highest BCUT2D eigenvalue weighted by atomic mass is 32.2. The average Bonchev–Trinajstić information content (AvgIpc) is 2.27. The summed E-state index contributed by atoms with van der Waals surface area (Å²) in [7, 11) is -3.20. The Kier molecular flexibility index (Phi) is 3.83. The lowest BCUT2D eigenvalue weighted by Gasteiger charge is -2.05. The summed E-state index contributed by atoms with van der Waals surface area (Å²) in [4.78, 5) is 0. The van der Waals surface area contributed by atoms with Gasteiger partial charge in [0.15, 0.2) is 0 Å². The highest BCUT2D eigenvalue weighted by Crippen LogP contribution is 2.07. The molecular formula is C10H12N2O2S. The van der Waals surface area contributed by atoms with E-state index in [1.54, 1.807) is 31.2 Å². The topological polar surface area (TPSA) is 70.0 Å². The third-order valence-corrected chi connectivity index (χ3v) is 3.34. The van der Waals surface area contributed by atoms with Crippen molar-refractivity contribution < 1.29 is 8.42 Å². The van der Waals surface area contributed by atoms with Crippen LogP contribution in [0.25, 0.3) is 0 Å². The molecule has 1 aromatic rings. The number of nitriles is 1. The molecule has 0 aliphatic rings. The molecule has 1 rings (SSSR count). The predicted molar refractivity (Wildman–Crippen MR) is 57.5 cm³/mol. The van der Waals surface area contributed by atoms with E-state index in [2.05, 4.69) is 4.72 Å². The molecule has 0 aliphatic heterocycles. The van der Waals surface area contributed by atoms with Crippen LogP contribution in [-0.4, -0.2) is 14.2 Å². The molecule has 0 fully saturated rings. The summed E-state index contributed by atoms with van der Waals surface area (Å²) < 4.78 is 24.8. The minimum absolute atomic E-state index is 0.0434. The molecule has 0 unspecified atom stereocenters. The molecule has 15 heavy (non-hydrogen) atoms. The van der Waals surface area contributed by atoms with Crippen LogP contribution in [-0.2, 0) is 16.6 Å². The van der Waals surface area contributed by atoms with Crippen LogP contribution in [0.2, 0.25) is 0 Å². The molecule has 0 aromatic heterocycles. The van der Waals surface area contributed by atoms with Crippen molar-refractivity contribution in [1.29, 1.82) is 5.26 Å². The van der Waals surface area contributed by atoms with Crippen molar-refractivity contribution in [2.75, 3.05) is 5.75 Å². The van der Waals surface area contributed by atoms with Gasteiger partial charge >= 0.3 is 0 Å². The molecule has 0 saturated heterocycles. The fourth-order valence-electron chi connectivity index (χ4n) is 1.07. The maximum atomic E-state index is 11.2. The predicted octanol–water partition coefficient (Wildman–Crippen LogP) is 0.998. The van der Waals surface area contributed by atoms with E-state index in [-0.39, 0.29) is 12.3 Å². The van der Waals surface area contributed by atoms with Gasteiger partial charge in [0.2, 0.25) is 10.0 Å². The van der Waals surface area contributed by atoms with E-state index < -0.39 is 10.0 Å². The van der Waals surface area contributed by atoms with Gasteiger partial charge in [-0.1, -0.05) is 18.2 Å². The molecule has 0 amide bonds. The quantitative estimate of drug-likeness (QED) is 0.829. The fourth-order valence-corrected chi connectivity index (χ4v) is 1.65. The van der Waals surface area contributed by atoms with Crippen LogP contribution < -0.4 is 4.72 Å². The highest BCUT2D eigenvalue weighted by molar-refractivity contribution is 7.89. The van der Waals surface area contributed by atoms with Gasteiger partial charge in [0.1, 0.15) is 0 Å².